The Labute approximate surface area is 83.1 Å². The summed E-state index contributed by atoms with van der Waals surface area (Å²) >= 11 is 0. The summed E-state index contributed by atoms with van der Waals surface area (Å²) in [5.74, 6) is 1.69. The van der Waals surface area contributed by atoms with Crippen molar-refractivity contribution in [1.29, 1.82) is 0 Å². The SMILES string of the molecule is [CH-]=[NH+]c1cc(OC)c(OC)c(OC)c1. The smallest absolute Gasteiger partial charge is 0.200 e. The zero-order valence-corrected chi connectivity index (χ0v) is 8.46. The van der Waals surface area contributed by atoms with Gasteiger partial charge in [-0.1, -0.05) is 0 Å². The van der Waals surface area contributed by atoms with E-state index in [9.17, 15) is 0 Å². The third kappa shape index (κ3) is 1.79. The summed E-state index contributed by atoms with van der Waals surface area (Å²) in [6.07, 6.45) is 0. The second-order valence-corrected chi connectivity index (χ2v) is 2.56. The van der Waals surface area contributed by atoms with Gasteiger partial charge in [0.2, 0.25) is 0 Å². The lowest BCUT2D eigenvalue weighted by Gasteiger charge is -2.13. The topological polar surface area (TPSA) is 41.7 Å². The number of rotatable bonds is 4. The summed E-state index contributed by atoms with van der Waals surface area (Å²) in [4.78, 5) is 2.51. The van der Waals surface area contributed by atoms with Crippen LogP contribution in [0, 0.1) is 0 Å². The first kappa shape index (κ1) is 10.4. The molecule has 0 aliphatic rings. The molecule has 0 saturated heterocycles. The molecule has 0 unspecified atom stereocenters. The number of nitrogens with one attached hydrogen (secondary N) is 1. The van der Waals surface area contributed by atoms with Crippen molar-refractivity contribution in [2.24, 2.45) is 0 Å². The van der Waals surface area contributed by atoms with Gasteiger partial charge in [0.1, 0.15) is 0 Å². The van der Waals surface area contributed by atoms with Crippen LogP contribution >= 0.6 is 0 Å². The molecule has 0 aliphatic heterocycles. The zero-order chi connectivity index (χ0) is 10.6. The highest BCUT2D eigenvalue weighted by molar-refractivity contribution is 5.58. The fourth-order valence-electron chi connectivity index (χ4n) is 1.16. The molecule has 0 spiro atoms. The van der Waals surface area contributed by atoms with E-state index < -0.39 is 0 Å². The van der Waals surface area contributed by atoms with E-state index in [0.717, 1.165) is 0 Å². The summed E-state index contributed by atoms with van der Waals surface area (Å²) in [7, 11) is 4.66. The second kappa shape index (κ2) is 4.50. The summed E-state index contributed by atoms with van der Waals surface area (Å²) in [6, 6.07) is 3.45. The highest BCUT2D eigenvalue weighted by Crippen LogP contribution is 2.38. The van der Waals surface area contributed by atoms with Gasteiger partial charge in [-0.25, -0.2) is 0 Å². The Morgan fingerprint density at radius 1 is 1.00 bits per heavy atom. The molecule has 1 N–H and O–H groups in total. The van der Waals surface area contributed by atoms with Crippen molar-refractivity contribution >= 4 is 12.4 Å². The van der Waals surface area contributed by atoms with E-state index in [4.69, 9.17) is 20.9 Å². The number of methoxy groups -OCH3 is 3. The Balaban J connectivity index is 3.31. The zero-order valence-electron chi connectivity index (χ0n) is 8.46. The van der Waals surface area contributed by atoms with Crippen molar-refractivity contribution < 1.29 is 19.2 Å². The Bertz CT molecular complexity index is 311. The fourth-order valence-corrected chi connectivity index (χ4v) is 1.16. The van der Waals surface area contributed by atoms with E-state index in [1.54, 1.807) is 33.5 Å². The van der Waals surface area contributed by atoms with Crippen LogP contribution in [0.1, 0.15) is 0 Å². The first-order valence-electron chi connectivity index (χ1n) is 4.03. The van der Waals surface area contributed by atoms with Gasteiger partial charge in [0.15, 0.2) is 17.2 Å². The van der Waals surface area contributed by atoms with Crippen molar-refractivity contribution in [3.05, 3.63) is 12.1 Å². The summed E-state index contributed by atoms with van der Waals surface area (Å²) in [5, 5.41) is 0. The van der Waals surface area contributed by atoms with Crippen LogP contribution in [0.25, 0.3) is 0 Å². The second-order valence-electron chi connectivity index (χ2n) is 2.56. The molecule has 0 aliphatic carbocycles. The molecule has 1 aromatic rings. The average Bonchev–Trinajstić information content (AvgIpc) is 2.26. The van der Waals surface area contributed by atoms with Gasteiger partial charge in [0.05, 0.1) is 27.0 Å². The molecule has 0 saturated carbocycles. The van der Waals surface area contributed by atoms with E-state index in [1.807, 2.05) is 0 Å². The molecule has 0 fully saturated rings. The Morgan fingerprint density at radius 2 is 1.50 bits per heavy atom. The number of ether oxygens (including phenoxy) is 3. The number of benzene rings is 1. The van der Waals surface area contributed by atoms with Gasteiger partial charge in [0, 0.05) is 6.72 Å². The van der Waals surface area contributed by atoms with Crippen LogP contribution in [0.5, 0.6) is 17.2 Å². The van der Waals surface area contributed by atoms with Crippen molar-refractivity contribution in [1.82, 2.24) is 0 Å². The number of hydrogen-bond acceptors (Lipinski definition) is 3. The molecule has 4 heteroatoms. The highest BCUT2D eigenvalue weighted by Gasteiger charge is 2.10. The molecule has 0 radical (unpaired) electrons. The predicted octanol–water partition coefficient (Wildman–Crippen LogP) is 0.00210. The van der Waals surface area contributed by atoms with Crippen LogP contribution in [0.2, 0.25) is 0 Å². The van der Waals surface area contributed by atoms with E-state index in [0.29, 0.717) is 22.9 Å². The van der Waals surface area contributed by atoms with Gasteiger partial charge in [-0.3, -0.25) is 0 Å². The molecule has 14 heavy (non-hydrogen) atoms. The van der Waals surface area contributed by atoms with E-state index in [2.05, 4.69) is 4.99 Å². The summed E-state index contributed by atoms with van der Waals surface area (Å²) in [5.41, 5.74) is 0.694. The molecule has 4 nitrogen and oxygen atoms in total. The Kier molecular flexibility index (Phi) is 3.34. The molecule has 76 valence electrons. The standard InChI is InChI=1S/C10H13NO3/c1-11-7-5-8(12-2)10(14-4)9(6-7)13-3/h1,5-6,11H,2-4H3. The Morgan fingerprint density at radius 3 is 1.79 bits per heavy atom. The maximum absolute atomic E-state index is 5.29. The maximum Gasteiger partial charge on any atom is 0.200 e. The summed E-state index contributed by atoms with van der Waals surface area (Å²) < 4.78 is 15.4. The van der Waals surface area contributed by atoms with Crippen molar-refractivity contribution in [3.63, 3.8) is 0 Å². The quantitative estimate of drug-likeness (QED) is 0.543. The van der Waals surface area contributed by atoms with Crippen LogP contribution < -0.4 is 19.2 Å². The monoisotopic (exact) mass is 195 g/mol. The minimum absolute atomic E-state index is 0.550. The molecular formula is C10H13NO3. The van der Waals surface area contributed by atoms with Crippen LogP contribution in [0.4, 0.5) is 5.69 Å². The molecule has 0 bridgehead atoms. The molecule has 0 aromatic heterocycles. The lowest BCUT2D eigenvalue weighted by atomic mass is 10.2. The van der Waals surface area contributed by atoms with Gasteiger partial charge >= 0.3 is 0 Å². The van der Waals surface area contributed by atoms with Gasteiger partial charge in [-0.2, -0.15) is 0 Å². The predicted molar refractivity (Wildman–Crippen MR) is 52.8 cm³/mol. The minimum atomic E-state index is 0.550. The third-order valence-corrected chi connectivity index (χ3v) is 1.83. The molecule has 1 rings (SSSR count). The molecule has 0 heterocycles. The largest absolute Gasteiger partial charge is 0.494 e. The van der Waals surface area contributed by atoms with Crippen LogP contribution in [0.3, 0.4) is 0 Å². The van der Waals surface area contributed by atoms with Gasteiger partial charge < -0.3 is 19.2 Å². The van der Waals surface area contributed by atoms with Crippen molar-refractivity contribution in [2.45, 2.75) is 0 Å². The van der Waals surface area contributed by atoms with E-state index >= 15 is 0 Å². The molecular weight excluding hydrogens is 182 g/mol. The van der Waals surface area contributed by atoms with Gasteiger partial charge in [-0.15, -0.1) is 0 Å². The van der Waals surface area contributed by atoms with Crippen molar-refractivity contribution in [3.8, 4) is 17.2 Å². The third-order valence-electron chi connectivity index (χ3n) is 1.83. The number of hydrogen-bond donors (Lipinski definition) is 1. The van der Waals surface area contributed by atoms with E-state index in [-0.39, 0.29) is 0 Å². The van der Waals surface area contributed by atoms with Crippen LogP contribution in [-0.2, 0) is 0 Å². The average molecular weight is 195 g/mol. The first-order valence-corrected chi connectivity index (χ1v) is 4.03. The van der Waals surface area contributed by atoms with Gasteiger partial charge in [-0.05, 0) is 12.1 Å². The normalized spacial score (nSPS) is 9.36. The Hall–Kier alpha value is -1.71. The molecule has 0 atom stereocenters. The lowest BCUT2D eigenvalue weighted by Crippen LogP contribution is -2.57. The minimum Gasteiger partial charge on any atom is -0.494 e. The van der Waals surface area contributed by atoms with Crippen LogP contribution in [0.15, 0.2) is 12.1 Å². The maximum atomic E-state index is 5.29. The summed E-state index contributed by atoms with van der Waals surface area (Å²) in [6.45, 7) is 5.29. The van der Waals surface area contributed by atoms with Crippen molar-refractivity contribution in [2.75, 3.05) is 21.3 Å². The highest BCUT2D eigenvalue weighted by atomic mass is 16.5. The molecule has 1 aromatic carbocycles. The van der Waals surface area contributed by atoms with Gasteiger partial charge in [0.25, 0.3) is 0 Å². The first-order chi connectivity index (χ1) is 6.76. The fraction of sp³-hybridized carbons (Fsp3) is 0.300. The van der Waals surface area contributed by atoms with Crippen LogP contribution in [-0.4, -0.2) is 28.0 Å². The van der Waals surface area contributed by atoms with E-state index in [1.165, 1.54) is 0 Å². The molecule has 0 amide bonds. The lowest BCUT2D eigenvalue weighted by molar-refractivity contribution is -0.342.